The summed E-state index contributed by atoms with van der Waals surface area (Å²) >= 11 is 0. The number of halogens is 1. The maximum atomic E-state index is 10.5. The Morgan fingerprint density at radius 3 is 2.00 bits per heavy atom. The number of rotatable bonds is 2. The van der Waals surface area contributed by atoms with Gasteiger partial charge in [0.1, 0.15) is 0 Å². The van der Waals surface area contributed by atoms with Crippen LogP contribution in [0.25, 0.3) is 0 Å². The standard InChI is InChI=1S/C10H13NO2.ClH/c1-10(2,11)8-5-3-7(4-6-8)9(12)13;/h3-6H,11H2,1-2H3,(H,12,13);1H. The molecule has 0 unspecified atom stereocenters. The van der Waals surface area contributed by atoms with Gasteiger partial charge in [-0.1, -0.05) is 12.1 Å². The fourth-order valence-corrected chi connectivity index (χ4v) is 1.04. The lowest BCUT2D eigenvalue weighted by Crippen LogP contribution is -2.28. The smallest absolute Gasteiger partial charge is 0.335 e. The Balaban J connectivity index is 0.00000169. The van der Waals surface area contributed by atoms with Gasteiger partial charge in [-0.2, -0.15) is 0 Å². The lowest BCUT2D eigenvalue weighted by Gasteiger charge is -2.18. The predicted octanol–water partition coefficient (Wildman–Crippen LogP) is 2.00. The average molecular weight is 216 g/mol. The third kappa shape index (κ3) is 3.01. The van der Waals surface area contributed by atoms with Gasteiger partial charge in [0.2, 0.25) is 0 Å². The number of hydrogen-bond acceptors (Lipinski definition) is 2. The predicted molar refractivity (Wildman–Crippen MR) is 57.9 cm³/mol. The Morgan fingerprint density at radius 2 is 1.71 bits per heavy atom. The van der Waals surface area contributed by atoms with Crippen molar-refractivity contribution in [3.05, 3.63) is 35.4 Å². The van der Waals surface area contributed by atoms with Gasteiger partial charge in [-0.15, -0.1) is 12.4 Å². The zero-order chi connectivity index (χ0) is 10.1. The van der Waals surface area contributed by atoms with E-state index in [-0.39, 0.29) is 18.0 Å². The number of nitrogens with two attached hydrogens (primary N) is 1. The first-order valence-electron chi connectivity index (χ1n) is 4.04. The van der Waals surface area contributed by atoms with Gasteiger partial charge in [0.25, 0.3) is 0 Å². The largest absolute Gasteiger partial charge is 0.478 e. The molecule has 1 rings (SSSR count). The summed E-state index contributed by atoms with van der Waals surface area (Å²) in [7, 11) is 0. The van der Waals surface area contributed by atoms with Crippen molar-refractivity contribution in [2.24, 2.45) is 5.73 Å². The molecule has 0 heterocycles. The van der Waals surface area contributed by atoms with Crippen LogP contribution in [0.3, 0.4) is 0 Å². The van der Waals surface area contributed by atoms with Crippen molar-refractivity contribution in [1.82, 2.24) is 0 Å². The topological polar surface area (TPSA) is 63.3 Å². The zero-order valence-corrected chi connectivity index (χ0v) is 8.97. The van der Waals surface area contributed by atoms with Gasteiger partial charge in [0.05, 0.1) is 5.56 Å². The SMILES string of the molecule is CC(C)(N)c1ccc(C(=O)O)cc1.Cl. The van der Waals surface area contributed by atoms with Crippen molar-refractivity contribution in [3.8, 4) is 0 Å². The normalized spacial score (nSPS) is 10.5. The summed E-state index contributed by atoms with van der Waals surface area (Å²) in [6, 6.07) is 6.60. The highest BCUT2D eigenvalue weighted by Gasteiger charge is 2.13. The van der Waals surface area contributed by atoms with Crippen LogP contribution in [0.1, 0.15) is 29.8 Å². The number of carboxylic acids is 1. The van der Waals surface area contributed by atoms with E-state index in [2.05, 4.69) is 0 Å². The fraction of sp³-hybridized carbons (Fsp3) is 0.300. The van der Waals surface area contributed by atoms with E-state index in [1.54, 1.807) is 24.3 Å². The fourth-order valence-electron chi connectivity index (χ4n) is 1.04. The second-order valence-corrected chi connectivity index (χ2v) is 3.60. The van der Waals surface area contributed by atoms with E-state index in [9.17, 15) is 4.79 Å². The molecule has 0 spiro atoms. The quantitative estimate of drug-likeness (QED) is 0.793. The molecular weight excluding hydrogens is 202 g/mol. The molecule has 0 fully saturated rings. The summed E-state index contributed by atoms with van der Waals surface area (Å²) in [6.07, 6.45) is 0. The minimum Gasteiger partial charge on any atom is -0.478 e. The van der Waals surface area contributed by atoms with Gasteiger partial charge in [-0.05, 0) is 31.5 Å². The molecule has 0 aliphatic carbocycles. The number of benzene rings is 1. The highest BCUT2D eigenvalue weighted by Crippen LogP contribution is 2.16. The third-order valence-electron chi connectivity index (χ3n) is 1.88. The molecule has 1 aromatic carbocycles. The van der Waals surface area contributed by atoms with Gasteiger partial charge in [0.15, 0.2) is 0 Å². The van der Waals surface area contributed by atoms with Crippen molar-refractivity contribution in [1.29, 1.82) is 0 Å². The van der Waals surface area contributed by atoms with Crippen LogP contribution in [-0.4, -0.2) is 11.1 Å². The molecule has 0 bridgehead atoms. The minimum atomic E-state index is -0.915. The van der Waals surface area contributed by atoms with Crippen molar-refractivity contribution in [3.63, 3.8) is 0 Å². The molecule has 3 nitrogen and oxygen atoms in total. The van der Waals surface area contributed by atoms with Crippen LogP contribution >= 0.6 is 12.4 Å². The van der Waals surface area contributed by atoms with Crippen LogP contribution in [0.2, 0.25) is 0 Å². The van der Waals surface area contributed by atoms with Gasteiger partial charge in [-0.3, -0.25) is 0 Å². The Bertz CT molecular complexity index is 314. The van der Waals surface area contributed by atoms with Crippen LogP contribution in [0.4, 0.5) is 0 Å². The van der Waals surface area contributed by atoms with Crippen LogP contribution < -0.4 is 5.73 Å². The van der Waals surface area contributed by atoms with Crippen molar-refractivity contribution in [2.75, 3.05) is 0 Å². The van der Waals surface area contributed by atoms with E-state index in [4.69, 9.17) is 10.8 Å². The summed E-state index contributed by atoms with van der Waals surface area (Å²) in [5.41, 5.74) is 6.63. The monoisotopic (exact) mass is 215 g/mol. The number of hydrogen-bond donors (Lipinski definition) is 2. The van der Waals surface area contributed by atoms with Crippen LogP contribution in [0.15, 0.2) is 24.3 Å². The van der Waals surface area contributed by atoms with Crippen LogP contribution in [0, 0.1) is 0 Å². The van der Waals surface area contributed by atoms with Gasteiger partial charge >= 0.3 is 5.97 Å². The average Bonchev–Trinajstić information content (AvgIpc) is 2.03. The second-order valence-electron chi connectivity index (χ2n) is 3.60. The van der Waals surface area contributed by atoms with E-state index in [0.29, 0.717) is 0 Å². The van der Waals surface area contributed by atoms with E-state index >= 15 is 0 Å². The maximum Gasteiger partial charge on any atom is 0.335 e. The Kier molecular flexibility index (Phi) is 4.10. The first-order valence-corrected chi connectivity index (χ1v) is 4.04. The molecule has 0 amide bonds. The Morgan fingerprint density at radius 1 is 1.29 bits per heavy atom. The van der Waals surface area contributed by atoms with Gasteiger partial charge < -0.3 is 10.8 Å². The summed E-state index contributed by atoms with van der Waals surface area (Å²) < 4.78 is 0. The second kappa shape index (κ2) is 4.44. The molecule has 0 aliphatic heterocycles. The summed E-state index contributed by atoms with van der Waals surface area (Å²) in [6.45, 7) is 3.76. The molecule has 0 radical (unpaired) electrons. The molecule has 0 saturated carbocycles. The molecule has 3 N–H and O–H groups in total. The van der Waals surface area contributed by atoms with E-state index in [1.165, 1.54) is 0 Å². The molecule has 0 aromatic heterocycles. The van der Waals surface area contributed by atoms with Crippen LogP contribution in [0.5, 0.6) is 0 Å². The summed E-state index contributed by atoms with van der Waals surface area (Å²) in [4.78, 5) is 10.5. The lowest BCUT2D eigenvalue weighted by molar-refractivity contribution is 0.0697. The maximum absolute atomic E-state index is 10.5. The highest BCUT2D eigenvalue weighted by atomic mass is 35.5. The number of aromatic carboxylic acids is 1. The molecule has 14 heavy (non-hydrogen) atoms. The van der Waals surface area contributed by atoms with Crippen molar-refractivity contribution in [2.45, 2.75) is 19.4 Å². The molecule has 0 saturated heterocycles. The number of carbonyl (C=O) groups is 1. The van der Waals surface area contributed by atoms with Crippen molar-refractivity contribution < 1.29 is 9.90 Å². The molecule has 0 atom stereocenters. The Labute approximate surface area is 89.3 Å². The zero-order valence-electron chi connectivity index (χ0n) is 8.15. The molecule has 0 aliphatic rings. The van der Waals surface area contributed by atoms with Crippen molar-refractivity contribution >= 4 is 18.4 Å². The lowest BCUT2D eigenvalue weighted by atomic mass is 9.95. The molecule has 78 valence electrons. The van der Waals surface area contributed by atoms with Gasteiger partial charge in [-0.25, -0.2) is 4.79 Å². The van der Waals surface area contributed by atoms with E-state index in [0.717, 1.165) is 5.56 Å². The minimum absolute atomic E-state index is 0. The summed E-state index contributed by atoms with van der Waals surface area (Å²) in [5.74, 6) is -0.915. The third-order valence-corrected chi connectivity index (χ3v) is 1.88. The molecule has 1 aromatic rings. The first-order chi connectivity index (χ1) is 5.91. The van der Waals surface area contributed by atoms with Gasteiger partial charge in [0, 0.05) is 5.54 Å². The molecule has 4 heteroatoms. The number of carboxylic acid groups (broad SMARTS) is 1. The molecular formula is C10H14ClNO2. The Hall–Kier alpha value is -1.06. The van der Waals surface area contributed by atoms with E-state index < -0.39 is 11.5 Å². The van der Waals surface area contributed by atoms with Crippen LogP contribution in [-0.2, 0) is 5.54 Å². The summed E-state index contributed by atoms with van der Waals surface area (Å²) in [5, 5.41) is 8.65. The first kappa shape index (κ1) is 12.9. The highest BCUT2D eigenvalue weighted by molar-refractivity contribution is 5.87. The van der Waals surface area contributed by atoms with E-state index in [1.807, 2.05) is 13.8 Å².